The smallest absolute Gasteiger partial charge is 0.335 e. The molecule has 0 saturated carbocycles. The zero-order valence-corrected chi connectivity index (χ0v) is 23.7. The Bertz CT molecular complexity index is 1620. The molecule has 3 aromatic carbocycles. The molecule has 3 N–H and O–H groups in total. The van der Waals surface area contributed by atoms with Crippen LogP contribution in [-0.4, -0.2) is 34.8 Å². The highest BCUT2D eigenvalue weighted by atomic mass is 35.5. The number of carbonyl (C=O) groups excluding carboxylic acids is 2. The van der Waals surface area contributed by atoms with E-state index in [1.807, 2.05) is 0 Å². The number of aromatic carboxylic acids is 1. The molecular weight excluding hydrogens is 568 g/mol. The van der Waals surface area contributed by atoms with Crippen molar-refractivity contribution in [3.63, 3.8) is 0 Å². The van der Waals surface area contributed by atoms with Crippen LogP contribution in [0.4, 0.5) is 10.1 Å². The number of nitrogens with zero attached hydrogens (tertiary/aromatic N) is 1. The van der Waals surface area contributed by atoms with Crippen molar-refractivity contribution in [3.05, 3.63) is 98.8 Å². The summed E-state index contributed by atoms with van der Waals surface area (Å²) in [6.07, 6.45) is 0.0740. The van der Waals surface area contributed by atoms with Crippen molar-refractivity contribution in [2.75, 3.05) is 5.32 Å². The number of benzene rings is 3. The molecule has 0 bridgehead atoms. The third kappa shape index (κ3) is 4.88. The topological polar surface area (TPSA) is 119 Å². The van der Waals surface area contributed by atoms with E-state index < -0.39 is 46.5 Å². The number of nitrogens with one attached hydrogen (secondary N) is 2. The van der Waals surface area contributed by atoms with Crippen molar-refractivity contribution in [2.24, 2.45) is 5.41 Å². The van der Waals surface area contributed by atoms with Gasteiger partial charge in [0.15, 0.2) is 5.78 Å². The summed E-state index contributed by atoms with van der Waals surface area (Å²) in [5.74, 6) is -3.63. The third-order valence-electron chi connectivity index (χ3n) is 8.07. The number of amides is 1. The minimum atomic E-state index is -1.48. The summed E-state index contributed by atoms with van der Waals surface area (Å²) >= 11 is 12.5. The Hall–Kier alpha value is -3.77. The second kappa shape index (κ2) is 10.6. The summed E-state index contributed by atoms with van der Waals surface area (Å²) in [5.41, 5.74) is -0.646. The second-order valence-electron chi connectivity index (χ2n) is 11.2. The average molecular weight is 594 g/mol. The molecule has 2 aliphatic rings. The number of hydrogen-bond donors (Lipinski definition) is 3. The van der Waals surface area contributed by atoms with Crippen LogP contribution in [0.3, 0.4) is 0 Å². The Morgan fingerprint density at radius 1 is 1.12 bits per heavy atom. The van der Waals surface area contributed by atoms with E-state index in [1.54, 1.807) is 50.2 Å². The molecule has 2 aliphatic heterocycles. The molecule has 7 nitrogen and oxygen atoms in total. The molecule has 10 heteroatoms. The number of fused-ring (bicyclic) bond motifs is 2. The molecule has 3 aromatic rings. The van der Waals surface area contributed by atoms with Gasteiger partial charge in [0.2, 0.25) is 5.91 Å². The van der Waals surface area contributed by atoms with E-state index in [-0.39, 0.29) is 34.8 Å². The molecule has 4 atom stereocenters. The number of ketones is 1. The van der Waals surface area contributed by atoms with Gasteiger partial charge in [0, 0.05) is 29.1 Å². The fraction of sp³-hybridized carbons (Fsp3) is 0.290. The number of Topliss-reactive ketones (excluding diaryl/α,β-unsaturated/α-hetero) is 1. The first-order chi connectivity index (χ1) is 19.4. The van der Waals surface area contributed by atoms with E-state index in [9.17, 15) is 24.8 Å². The molecule has 5 rings (SSSR count). The van der Waals surface area contributed by atoms with Gasteiger partial charge in [-0.1, -0.05) is 53.5 Å². The highest BCUT2D eigenvalue weighted by Crippen LogP contribution is 2.57. The fourth-order valence-corrected chi connectivity index (χ4v) is 6.58. The highest BCUT2D eigenvalue weighted by Gasteiger charge is 2.66. The maximum Gasteiger partial charge on any atom is 0.335 e. The van der Waals surface area contributed by atoms with Crippen molar-refractivity contribution >= 4 is 46.5 Å². The molecule has 0 aromatic heterocycles. The van der Waals surface area contributed by atoms with E-state index in [0.29, 0.717) is 21.8 Å². The number of anilines is 1. The van der Waals surface area contributed by atoms with Gasteiger partial charge < -0.3 is 15.7 Å². The van der Waals surface area contributed by atoms with Gasteiger partial charge in [0.25, 0.3) is 0 Å². The molecule has 1 fully saturated rings. The van der Waals surface area contributed by atoms with Crippen molar-refractivity contribution in [1.29, 1.82) is 5.26 Å². The standard InChI is InChI=1S/C31H26Cl2FN3O4/c1-30(2,15-35)14-24-31(20-11-10-18(32)13-22(20)36-29(31)41)25(19-4-3-5-21(33)26(19)34)27(37-24)23(38)12-16-6-8-17(9-7-16)28(39)40/h3-11,13,24-25,27,37H,12,14H2,1-2H3,(H,36,41)(H,39,40)/t24-,25-,27-,31+/m0/s1. The van der Waals surface area contributed by atoms with Gasteiger partial charge in [-0.25, -0.2) is 9.18 Å². The lowest BCUT2D eigenvalue weighted by molar-refractivity contribution is -0.122. The van der Waals surface area contributed by atoms with E-state index in [4.69, 9.17) is 23.2 Å². The lowest BCUT2D eigenvalue weighted by atomic mass is 9.62. The number of nitriles is 1. The van der Waals surface area contributed by atoms with E-state index >= 15 is 4.39 Å². The van der Waals surface area contributed by atoms with Crippen molar-refractivity contribution in [1.82, 2.24) is 5.32 Å². The third-order valence-corrected chi connectivity index (χ3v) is 8.59. The van der Waals surface area contributed by atoms with Crippen LogP contribution in [0.25, 0.3) is 0 Å². The van der Waals surface area contributed by atoms with Gasteiger partial charge in [-0.05, 0) is 67.3 Å². The highest BCUT2D eigenvalue weighted by molar-refractivity contribution is 6.31. The predicted octanol–water partition coefficient (Wildman–Crippen LogP) is 5.90. The van der Waals surface area contributed by atoms with Crippen LogP contribution in [0.15, 0.2) is 60.7 Å². The van der Waals surface area contributed by atoms with Crippen molar-refractivity contribution in [3.8, 4) is 6.07 Å². The minimum absolute atomic E-state index is 0.0784. The number of carboxylic acids is 1. The van der Waals surface area contributed by atoms with Crippen molar-refractivity contribution < 1.29 is 23.9 Å². The zero-order chi connectivity index (χ0) is 29.7. The molecule has 1 spiro atoms. The minimum Gasteiger partial charge on any atom is -0.478 e. The summed E-state index contributed by atoms with van der Waals surface area (Å²) in [6, 6.07) is 15.9. The maximum atomic E-state index is 15.8. The average Bonchev–Trinajstić information content (AvgIpc) is 3.40. The monoisotopic (exact) mass is 593 g/mol. The molecule has 210 valence electrons. The molecule has 2 heterocycles. The number of halogens is 3. The van der Waals surface area contributed by atoms with Crippen LogP contribution >= 0.6 is 23.2 Å². The predicted molar refractivity (Wildman–Crippen MR) is 153 cm³/mol. The lowest BCUT2D eigenvalue weighted by Crippen LogP contribution is -2.50. The molecule has 1 saturated heterocycles. The summed E-state index contributed by atoms with van der Waals surface area (Å²) in [5, 5.41) is 25.6. The molecule has 0 radical (unpaired) electrons. The number of rotatable bonds is 7. The zero-order valence-electron chi connectivity index (χ0n) is 22.2. The summed E-state index contributed by atoms with van der Waals surface area (Å²) in [6.45, 7) is 3.48. The number of hydrogen-bond acceptors (Lipinski definition) is 5. The van der Waals surface area contributed by atoms with Crippen LogP contribution in [0.2, 0.25) is 10.0 Å². The summed E-state index contributed by atoms with van der Waals surface area (Å²) < 4.78 is 15.8. The number of carbonyl (C=O) groups is 3. The second-order valence-corrected chi connectivity index (χ2v) is 12.0. The summed E-state index contributed by atoms with van der Waals surface area (Å²) in [4.78, 5) is 39.5. The van der Waals surface area contributed by atoms with E-state index in [1.165, 1.54) is 24.3 Å². The van der Waals surface area contributed by atoms with Gasteiger partial charge in [-0.15, -0.1) is 0 Å². The van der Waals surface area contributed by atoms with E-state index in [2.05, 4.69) is 16.7 Å². The van der Waals surface area contributed by atoms with Crippen LogP contribution < -0.4 is 10.6 Å². The maximum absolute atomic E-state index is 15.8. The molecule has 0 aliphatic carbocycles. The first-order valence-electron chi connectivity index (χ1n) is 13.0. The van der Waals surface area contributed by atoms with Crippen LogP contribution in [0.1, 0.15) is 53.2 Å². The Kier molecular flexibility index (Phi) is 7.41. The quantitative estimate of drug-likeness (QED) is 0.314. The fourth-order valence-electron chi connectivity index (χ4n) is 6.22. The first-order valence-corrected chi connectivity index (χ1v) is 13.7. The molecular formula is C31H26Cl2FN3O4. The molecule has 1 amide bonds. The summed E-state index contributed by atoms with van der Waals surface area (Å²) in [7, 11) is 0. The van der Waals surface area contributed by atoms with Gasteiger partial charge in [0.1, 0.15) is 11.2 Å². The first kappa shape index (κ1) is 28.7. The Morgan fingerprint density at radius 3 is 2.49 bits per heavy atom. The van der Waals surface area contributed by atoms with E-state index in [0.717, 1.165) is 0 Å². The lowest BCUT2D eigenvalue weighted by Gasteiger charge is -2.37. The van der Waals surface area contributed by atoms with Crippen molar-refractivity contribution in [2.45, 2.75) is 50.1 Å². The SMILES string of the molecule is CC(C)(C#N)C[C@@H]1N[C@@H](C(=O)Cc2ccc(C(=O)O)cc2)[C@H](c2cccc(Cl)c2F)[C@]12C(=O)Nc1cc(Cl)ccc12. The normalized spacial score (nSPS) is 23.2. The van der Waals surface area contributed by atoms with Crippen LogP contribution in [0, 0.1) is 22.6 Å². The van der Waals surface area contributed by atoms with Gasteiger partial charge in [0.05, 0.1) is 28.1 Å². The molecule has 41 heavy (non-hydrogen) atoms. The van der Waals surface area contributed by atoms with Gasteiger partial charge in [-0.3, -0.25) is 9.59 Å². The van der Waals surface area contributed by atoms with Crippen LogP contribution in [0.5, 0.6) is 0 Å². The van der Waals surface area contributed by atoms with Gasteiger partial charge >= 0.3 is 5.97 Å². The Morgan fingerprint density at radius 2 is 1.83 bits per heavy atom. The molecule has 0 unspecified atom stereocenters. The van der Waals surface area contributed by atoms with Gasteiger partial charge in [-0.2, -0.15) is 5.26 Å². The Balaban J connectivity index is 1.70. The largest absolute Gasteiger partial charge is 0.478 e. The Labute approximate surface area is 246 Å². The number of carboxylic acid groups (broad SMARTS) is 1. The van der Waals surface area contributed by atoms with Crippen LogP contribution in [-0.2, 0) is 21.4 Å².